The largest absolute Gasteiger partial charge is 0.480 e. The molecular weight excluding hydrogens is 264 g/mol. The molecule has 108 valence electrons. The van der Waals surface area contributed by atoms with Gasteiger partial charge in [0, 0.05) is 31.7 Å². The lowest BCUT2D eigenvalue weighted by atomic mass is 9.90. The second-order valence-corrected chi connectivity index (χ2v) is 4.84. The van der Waals surface area contributed by atoms with Gasteiger partial charge in [-0.15, -0.1) is 0 Å². The Morgan fingerprint density at radius 2 is 2.00 bits per heavy atom. The number of amides is 1. The van der Waals surface area contributed by atoms with Crippen molar-refractivity contribution in [2.24, 2.45) is 0 Å². The standard InChI is InChI=1S/C13H16N2O5/c1-8-2-3-9(10(16)14-8)11(17)15-13(12(18)19)4-6-20-7-5-13/h2-3H,4-7H2,1H3,(H,14,16)(H,15,17)(H,18,19). The van der Waals surface area contributed by atoms with Gasteiger partial charge in [-0.1, -0.05) is 0 Å². The minimum absolute atomic E-state index is 0.0947. The van der Waals surface area contributed by atoms with Gasteiger partial charge in [-0.25, -0.2) is 4.79 Å². The van der Waals surface area contributed by atoms with Gasteiger partial charge in [0.1, 0.15) is 11.1 Å². The van der Waals surface area contributed by atoms with Crippen molar-refractivity contribution in [1.29, 1.82) is 0 Å². The van der Waals surface area contributed by atoms with E-state index in [1.165, 1.54) is 6.07 Å². The van der Waals surface area contributed by atoms with E-state index in [1.807, 2.05) is 0 Å². The maximum absolute atomic E-state index is 12.1. The van der Waals surface area contributed by atoms with E-state index in [4.69, 9.17) is 4.74 Å². The topological polar surface area (TPSA) is 108 Å². The van der Waals surface area contributed by atoms with Gasteiger partial charge in [0.05, 0.1) is 0 Å². The third-order valence-electron chi connectivity index (χ3n) is 3.41. The number of H-pyrrole nitrogens is 1. The number of carbonyl (C=O) groups excluding carboxylic acids is 1. The molecule has 20 heavy (non-hydrogen) atoms. The lowest BCUT2D eigenvalue weighted by Crippen LogP contribution is -2.58. The number of aromatic nitrogens is 1. The molecule has 0 radical (unpaired) electrons. The van der Waals surface area contributed by atoms with Crippen LogP contribution in [0.4, 0.5) is 0 Å². The number of aliphatic carboxylic acids is 1. The Hall–Kier alpha value is -2.15. The fourth-order valence-electron chi connectivity index (χ4n) is 2.15. The molecule has 7 nitrogen and oxygen atoms in total. The van der Waals surface area contributed by atoms with Crippen molar-refractivity contribution < 1.29 is 19.4 Å². The van der Waals surface area contributed by atoms with Crippen LogP contribution >= 0.6 is 0 Å². The molecule has 0 spiro atoms. The van der Waals surface area contributed by atoms with Crippen LogP contribution < -0.4 is 10.9 Å². The molecule has 1 aliphatic heterocycles. The highest BCUT2D eigenvalue weighted by atomic mass is 16.5. The van der Waals surface area contributed by atoms with E-state index in [1.54, 1.807) is 13.0 Å². The molecule has 1 aromatic rings. The van der Waals surface area contributed by atoms with Gasteiger partial charge in [-0.3, -0.25) is 9.59 Å². The number of aromatic amines is 1. The van der Waals surface area contributed by atoms with Crippen molar-refractivity contribution >= 4 is 11.9 Å². The summed E-state index contributed by atoms with van der Waals surface area (Å²) < 4.78 is 5.12. The van der Waals surface area contributed by atoms with Crippen LogP contribution in [-0.2, 0) is 9.53 Å². The van der Waals surface area contributed by atoms with Gasteiger partial charge in [-0.05, 0) is 19.1 Å². The van der Waals surface area contributed by atoms with E-state index in [9.17, 15) is 19.5 Å². The Morgan fingerprint density at radius 1 is 1.35 bits per heavy atom. The van der Waals surface area contributed by atoms with Gasteiger partial charge >= 0.3 is 5.97 Å². The molecule has 1 aromatic heterocycles. The molecule has 2 rings (SSSR count). The van der Waals surface area contributed by atoms with Crippen LogP contribution in [0.3, 0.4) is 0 Å². The fourth-order valence-corrected chi connectivity index (χ4v) is 2.15. The first kappa shape index (κ1) is 14.3. The summed E-state index contributed by atoms with van der Waals surface area (Å²) in [6.45, 7) is 2.22. The Morgan fingerprint density at radius 3 is 2.55 bits per heavy atom. The highest BCUT2D eigenvalue weighted by molar-refractivity contribution is 5.97. The van der Waals surface area contributed by atoms with Crippen LogP contribution in [0.1, 0.15) is 28.9 Å². The Bertz CT molecular complexity index is 587. The zero-order chi connectivity index (χ0) is 14.8. The fraction of sp³-hybridized carbons (Fsp3) is 0.462. The highest BCUT2D eigenvalue weighted by Gasteiger charge is 2.42. The van der Waals surface area contributed by atoms with E-state index in [-0.39, 0.29) is 31.6 Å². The normalized spacial score (nSPS) is 17.4. The van der Waals surface area contributed by atoms with Crippen LogP contribution in [0.5, 0.6) is 0 Å². The van der Waals surface area contributed by atoms with Crippen molar-refractivity contribution in [1.82, 2.24) is 10.3 Å². The van der Waals surface area contributed by atoms with Crippen LogP contribution in [-0.4, -0.2) is 40.7 Å². The Labute approximate surface area is 115 Å². The average Bonchev–Trinajstić information content (AvgIpc) is 2.39. The summed E-state index contributed by atoms with van der Waals surface area (Å²) in [5.74, 6) is -1.80. The molecule has 0 aliphatic carbocycles. The summed E-state index contributed by atoms with van der Waals surface area (Å²) in [5.41, 5.74) is -1.37. The third kappa shape index (κ3) is 2.72. The zero-order valence-corrected chi connectivity index (χ0v) is 11.1. The second-order valence-electron chi connectivity index (χ2n) is 4.84. The number of hydrogen-bond acceptors (Lipinski definition) is 4. The molecule has 1 saturated heterocycles. The van der Waals surface area contributed by atoms with Crippen LogP contribution in [0.2, 0.25) is 0 Å². The minimum Gasteiger partial charge on any atom is -0.480 e. The van der Waals surface area contributed by atoms with Gasteiger partial charge in [0.2, 0.25) is 0 Å². The van der Waals surface area contributed by atoms with E-state index < -0.39 is 23.0 Å². The second kappa shape index (κ2) is 5.46. The van der Waals surface area contributed by atoms with Crippen molar-refractivity contribution in [3.05, 3.63) is 33.7 Å². The Kier molecular flexibility index (Phi) is 3.89. The molecule has 2 heterocycles. The van der Waals surface area contributed by atoms with E-state index in [2.05, 4.69) is 10.3 Å². The first-order valence-corrected chi connectivity index (χ1v) is 6.28. The monoisotopic (exact) mass is 280 g/mol. The molecule has 3 N–H and O–H groups in total. The molecule has 0 atom stereocenters. The maximum atomic E-state index is 12.1. The number of aryl methyl sites for hydroxylation is 1. The molecule has 0 unspecified atom stereocenters. The molecule has 0 saturated carbocycles. The maximum Gasteiger partial charge on any atom is 0.329 e. The first-order chi connectivity index (χ1) is 9.44. The van der Waals surface area contributed by atoms with Crippen molar-refractivity contribution in [3.8, 4) is 0 Å². The number of hydrogen-bond donors (Lipinski definition) is 3. The average molecular weight is 280 g/mol. The number of carboxylic acids is 1. The van der Waals surface area contributed by atoms with Gasteiger partial charge < -0.3 is 20.1 Å². The molecule has 0 bridgehead atoms. The van der Waals surface area contributed by atoms with Crippen molar-refractivity contribution in [2.75, 3.05) is 13.2 Å². The summed E-state index contributed by atoms with van der Waals surface area (Å²) in [6, 6.07) is 2.98. The van der Waals surface area contributed by atoms with E-state index in [0.29, 0.717) is 5.69 Å². The third-order valence-corrected chi connectivity index (χ3v) is 3.41. The summed E-state index contributed by atoms with van der Waals surface area (Å²) in [5, 5.41) is 11.8. The van der Waals surface area contributed by atoms with Crippen molar-refractivity contribution in [3.63, 3.8) is 0 Å². The smallest absolute Gasteiger partial charge is 0.329 e. The zero-order valence-electron chi connectivity index (χ0n) is 11.1. The molecule has 1 fully saturated rings. The Balaban J connectivity index is 2.24. The van der Waals surface area contributed by atoms with Gasteiger partial charge in [0.25, 0.3) is 11.5 Å². The van der Waals surface area contributed by atoms with Gasteiger partial charge in [-0.2, -0.15) is 0 Å². The van der Waals surface area contributed by atoms with Gasteiger partial charge in [0.15, 0.2) is 0 Å². The number of nitrogens with one attached hydrogen (secondary N) is 2. The van der Waals surface area contributed by atoms with Crippen LogP contribution in [0, 0.1) is 6.92 Å². The van der Waals surface area contributed by atoms with Crippen LogP contribution in [0.15, 0.2) is 16.9 Å². The lowest BCUT2D eigenvalue weighted by molar-refractivity contribution is -0.148. The minimum atomic E-state index is -1.37. The lowest BCUT2D eigenvalue weighted by Gasteiger charge is -2.33. The van der Waals surface area contributed by atoms with Crippen molar-refractivity contribution in [2.45, 2.75) is 25.3 Å². The predicted molar refractivity (Wildman–Crippen MR) is 69.7 cm³/mol. The summed E-state index contributed by atoms with van der Waals surface area (Å²) >= 11 is 0. The number of rotatable bonds is 3. The quantitative estimate of drug-likeness (QED) is 0.724. The SMILES string of the molecule is Cc1ccc(C(=O)NC2(C(=O)O)CCOCC2)c(=O)[nH]1. The molecule has 7 heteroatoms. The molecule has 1 amide bonds. The number of ether oxygens (including phenoxy) is 1. The molecule has 1 aliphatic rings. The molecule has 0 aromatic carbocycles. The summed E-state index contributed by atoms with van der Waals surface area (Å²) in [4.78, 5) is 37.8. The van der Waals surface area contributed by atoms with E-state index in [0.717, 1.165) is 0 Å². The number of carboxylic acid groups (broad SMARTS) is 1. The van der Waals surface area contributed by atoms with E-state index >= 15 is 0 Å². The first-order valence-electron chi connectivity index (χ1n) is 6.28. The predicted octanol–water partition coefficient (Wildman–Crippen LogP) is 0.0469. The summed E-state index contributed by atoms with van der Waals surface area (Å²) in [7, 11) is 0. The molecular formula is C13H16N2O5. The number of pyridine rings is 1. The number of carbonyl (C=O) groups is 2. The highest BCUT2D eigenvalue weighted by Crippen LogP contribution is 2.21. The van der Waals surface area contributed by atoms with Crippen LogP contribution in [0.25, 0.3) is 0 Å². The summed E-state index contributed by atoms with van der Waals surface area (Å²) in [6.07, 6.45) is 0.357.